The second-order valence-electron chi connectivity index (χ2n) is 3.62. The molecule has 5 nitrogen and oxygen atoms in total. The Kier molecular flexibility index (Phi) is 4.35. The molecule has 0 aliphatic carbocycles. The van der Waals surface area contributed by atoms with Crippen LogP contribution in [-0.2, 0) is 0 Å². The van der Waals surface area contributed by atoms with Crippen molar-refractivity contribution in [2.75, 3.05) is 23.7 Å². The number of carbonyl (C=O) groups excluding carboxylic acids is 1. The van der Waals surface area contributed by atoms with Gasteiger partial charge in [-0.05, 0) is 25.1 Å². The van der Waals surface area contributed by atoms with Crippen molar-refractivity contribution in [2.45, 2.75) is 13.3 Å². The van der Waals surface area contributed by atoms with Gasteiger partial charge in [0.05, 0.1) is 18.1 Å². The van der Waals surface area contributed by atoms with E-state index in [2.05, 4.69) is 6.07 Å². The Balaban J connectivity index is 3.01. The Morgan fingerprint density at radius 2 is 2.24 bits per heavy atom. The van der Waals surface area contributed by atoms with Crippen molar-refractivity contribution in [2.24, 2.45) is 5.73 Å². The van der Waals surface area contributed by atoms with Crippen molar-refractivity contribution in [3.63, 3.8) is 0 Å². The number of anilines is 2. The van der Waals surface area contributed by atoms with E-state index >= 15 is 0 Å². The Labute approximate surface area is 101 Å². The lowest BCUT2D eigenvalue weighted by Crippen LogP contribution is -2.24. The molecule has 90 valence electrons. The van der Waals surface area contributed by atoms with E-state index in [4.69, 9.17) is 16.7 Å². The Morgan fingerprint density at radius 3 is 2.76 bits per heavy atom. The second kappa shape index (κ2) is 5.75. The summed E-state index contributed by atoms with van der Waals surface area (Å²) in [4.78, 5) is 13.2. The molecule has 0 atom stereocenters. The fourth-order valence-corrected chi connectivity index (χ4v) is 1.61. The van der Waals surface area contributed by atoms with E-state index in [9.17, 15) is 4.79 Å². The first-order valence-electron chi connectivity index (χ1n) is 5.41. The quantitative estimate of drug-likeness (QED) is 0.743. The number of hydrogen-bond donors (Lipinski definition) is 2. The monoisotopic (exact) mass is 232 g/mol. The lowest BCUT2D eigenvalue weighted by Gasteiger charge is -2.22. The fraction of sp³-hybridized carbons (Fsp3) is 0.333. The molecule has 0 fully saturated rings. The number of hydrogen-bond acceptors (Lipinski definition) is 4. The van der Waals surface area contributed by atoms with Gasteiger partial charge in [-0.15, -0.1) is 0 Å². The van der Waals surface area contributed by atoms with Crippen LogP contribution in [0.1, 0.15) is 23.7 Å². The number of primary amides is 1. The van der Waals surface area contributed by atoms with Crippen LogP contribution in [0.25, 0.3) is 0 Å². The average molecular weight is 232 g/mol. The lowest BCUT2D eigenvalue weighted by molar-refractivity contribution is 0.100. The van der Waals surface area contributed by atoms with Crippen LogP contribution in [0.3, 0.4) is 0 Å². The highest BCUT2D eigenvalue weighted by atomic mass is 16.1. The van der Waals surface area contributed by atoms with E-state index in [0.717, 1.165) is 12.2 Å². The summed E-state index contributed by atoms with van der Waals surface area (Å²) >= 11 is 0. The number of carbonyl (C=O) groups is 1. The molecule has 1 rings (SSSR count). The molecule has 0 aliphatic rings. The minimum Gasteiger partial charge on any atom is -0.398 e. The van der Waals surface area contributed by atoms with Gasteiger partial charge in [-0.3, -0.25) is 4.79 Å². The SMILES string of the molecule is CCN(CCC#N)c1ccc(N)c(C(N)=O)c1. The van der Waals surface area contributed by atoms with Gasteiger partial charge in [0.1, 0.15) is 0 Å². The van der Waals surface area contributed by atoms with Crippen LogP contribution >= 0.6 is 0 Å². The second-order valence-corrected chi connectivity index (χ2v) is 3.62. The summed E-state index contributed by atoms with van der Waals surface area (Å²) in [6.07, 6.45) is 0.435. The van der Waals surface area contributed by atoms with Crippen LogP contribution in [0.2, 0.25) is 0 Å². The van der Waals surface area contributed by atoms with E-state index in [1.807, 2.05) is 17.9 Å². The summed E-state index contributed by atoms with van der Waals surface area (Å²) in [5, 5.41) is 8.57. The molecule has 0 saturated heterocycles. The Bertz CT molecular complexity index is 450. The molecule has 0 radical (unpaired) electrons. The normalized spacial score (nSPS) is 9.65. The molecule has 0 bridgehead atoms. The van der Waals surface area contributed by atoms with Crippen LogP contribution in [0.5, 0.6) is 0 Å². The number of nitrogens with zero attached hydrogens (tertiary/aromatic N) is 2. The zero-order chi connectivity index (χ0) is 12.8. The molecule has 1 aromatic rings. The van der Waals surface area contributed by atoms with Crippen LogP contribution in [0, 0.1) is 11.3 Å². The number of nitriles is 1. The number of nitrogen functional groups attached to an aromatic ring is 1. The highest BCUT2D eigenvalue weighted by molar-refractivity contribution is 5.99. The van der Waals surface area contributed by atoms with E-state index in [1.165, 1.54) is 0 Å². The molecule has 4 N–H and O–H groups in total. The maximum atomic E-state index is 11.2. The molecule has 1 aromatic carbocycles. The number of nitrogens with two attached hydrogens (primary N) is 2. The fourth-order valence-electron chi connectivity index (χ4n) is 1.61. The van der Waals surface area contributed by atoms with Gasteiger partial charge in [-0.1, -0.05) is 0 Å². The smallest absolute Gasteiger partial charge is 0.250 e. The van der Waals surface area contributed by atoms with Gasteiger partial charge in [0.15, 0.2) is 0 Å². The van der Waals surface area contributed by atoms with Gasteiger partial charge in [0.2, 0.25) is 0 Å². The van der Waals surface area contributed by atoms with Gasteiger partial charge in [-0.2, -0.15) is 5.26 Å². The molecule has 0 saturated carbocycles. The maximum Gasteiger partial charge on any atom is 0.250 e. The molecule has 17 heavy (non-hydrogen) atoms. The summed E-state index contributed by atoms with van der Waals surface area (Å²) in [6, 6.07) is 7.24. The number of amides is 1. The minimum atomic E-state index is -0.541. The molecule has 5 heteroatoms. The number of rotatable bonds is 5. The van der Waals surface area contributed by atoms with Crippen molar-refractivity contribution in [1.29, 1.82) is 5.26 Å². The standard InChI is InChI=1S/C12H16N4O/c1-2-16(7-3-6-13)9-4-5-11(14)10(8-9)12(15)17/h4-5,8H,2-3,7,14H2,1H3,(H2,15,17). The summed E-state index contributed by atoms with van der Waals surface area (Å²) in [6.45, 7) is 3.36. The third-order valence-electron chi connectivity index (χ3n) is 2.54. The first-order chi connectivity index (χ1) is 8.10. The summed E-state index contributed by atoms with van der Waals surface area (Å²) < 4.78 is 0. The van der Waals surface area contributed by atoms with Crippen molar-refractivity contribution < 1.29 is 4.79 Å². The zero-order valence-corrected chi connectivity index (χ0v) is 9.81. The molecule has 0 heterocycles. The van der Waals surface area contributed by atoms with Crippen molar-refractivity contribution in [3.8, 4) is 6.07 Å². The van der Waals surface area contributed by atoms with Crippen molar-refractivity contribution >= 4 is 17.3 Å². The van der Waals surface area contributed by atoms with Crippen LogP contribution in [0.4, 0.5) is 11.4 Å². The molecule has 0 spiro atoms. The van der Waals surface area contributed by atoms with Crippen molar-refractivity contribution in [1.82, 2.24) is 0 Å². The predicted octanol–water partition coefficient (Wildman–Crippen LogP) is 1.11. The molecule has 0 unspecified atom stereocenters. The Hall–Kier alpha value is -2.22. The van der Waals surface area contributed by atoms with E-state index in [-0.39, 0.29) is 0 Å². The molecule has 0 aliphatic heterocycles. The zero-order valence-electron chi connectivity index (χ0n) is 9.81. The largest absolute Gasteiger partial charge is 0.398 e. The molecular formula is C12H16N4O. The first-order valence-corrected chi connectivity index (χ1v) is 5.41. The van der Waals surface area contributed by atoms with Gasteiger partial charge in [-0.25, -0.2) is 0 Å². The van der Waals surface area contributed by atoms with Gasteiger partial charge in [0.25, 0.3) is 5.91 Å². The summed E-state index contributed by atoms with van der Waals surface area (Å²) in [5.41, 5.74) is 12.4. The highest BCUT2D eigenvalue weighted by Crippen LogP contribution is 2.21. The highest BCUT2D eigenvalue weighted by Gasteiger charge is 2.10. The average Bonchev–Trinajstić information content (AvgIpc) is 2.31. The third-order valence-corrected chi connectivity index (χ3v) is 2.54. The van der Waals surface area contributed by atoms with Gasteiger partial charge >= 0.3 is 0 Å². The topological polar surface area (TPSA) is 96.1 Å². The van der Waals surface area contributed by atoms with E-state index in [0.29, 0.717) is 24.2 Å². The van der Waals surface area contributed by atoms with E-state index in [1.54, 1.807) is 12.1 Å². The summed E-state index contributed by atoms with van der Waals surface area (Å²) in [5.74, 6) is -0.541. The molecule has 0 aromatic heterocycles. The van der Waals surface area contributed by atoms with Crippen LogP contribution < -0.4 is 16.4 Å². The maximum absolute atomic E-state index is 11.2. The molecular weight excluding hydrogens is 216 g/mol. The Morgan fingerprint density at radius 1 is 1.53 bits per heavy atom. The predicted molar refractivity (Wildman–Crippen MR) is 67.5 cm³/mol. The van der Waals surface area contributed by atoms with Crippen LogP contribution in [-0.4, -0.2) is 19.0 Å². The lowest BCUT2D eigenvalue weighted by atomic mass is 10.1. The van der Waals surface area contributed by atoms with E-state index < -0.39 is 5.91 Å². The summed E-state index contributed by atoms with van der Waals surface area (Å²) in [7, 11) is 0. The van der Waals surface area contributed by atoms with Gasteiger partial charge < -0.3 is 16.4 Å². The first kappa shape index (κ1) is 12.8. The minimum absolute atomic E-state index is 0.318. The van der Waals surface area contributed by atoms with Gasteiger partial charge in [0, 0.05) is 24.5 Å². The van der Waals surface area contributed by atoms with Crippen molar-refractivity contribution in [3.05, 3.63) is 23.8 Å². The molecule has 1 amide bonds. The number of benzene rings is 1. The third kappa shape index (κ3) is 3.11. The van der Waals surface area contributed by atoms with Crippen LogP contribution in [0.15, 0.2) is 18.2 Å².